The monoisotopic (exact) mass is 318 g/mol. The van der Waals surface area contributed by atoms with Gasteiger partial charge in [-0.2, -0.15) is 0 Å². The van der Waals surface area contributed by atoms with Crippen LogP contribution in [0.1, 0.15) is 29.0 Å². The Hall–Kier alpha value is -2.34. The van der Waals surface area contributed by atoms with E-state index in [0.29, 0.717) is 29.2 Å². The molecule has 6 heteroatoms. The molecule has 0 saturated carbocycles. The zero-order valence-electron chi connectivity index (χ0n) is 12.9. The number of hydrogen-bond acceptors (Lipinski definition) is 4. The number of anilines is 2. The van der Waals surface area contributed by atoms with Crippen molar-refractivity contribution in [1.82, 2.24) is 0 Å². The van der Waals surface area contributed by atoms with Crippen LogP contribution in [0.15, 0.2) is 34.9 Å². The zero-order valence-corrected chi connectivity index (χ0v) is 12.9. The van der Waals surface area contributed by atoms with Crippen LogP contribution in [0.5, 0.6) is 0 Å². The lowest BCUT2D eigenvalue weighted by Crippen LogP contribution is -2.19. The number of benzene rings is 1. The molecule has 1 aromatic carbocycles. The summed E-state index contributed by atoms with van der Waals surface area (Å²) in [5.41, 5.74) is 1.24. The number of carbonyl (C=O) groups excluding carboxylic acids is 1. The highest BCUT2D eigenvalue weighted by atomic mass is 19.1. The standard InChI is InChI=1S/C17H19FN2O3/c1-11-14(6-8-22-11)17(21)20-12-4-5-16(15(18)9-12)19-10-13-3-2-7-23-13/h4-6,8-9,13,19H,2-3,7,10H2,1H3,(H,20,21)/t13-/m0/s1. The van der Waals surface area contributed by atoms with Gasteiger partial charge in [-0.15, -0.1) is 0 Å². The Bertz CT molecular complexity index is 693. The lowest BCUT2D eigenvalue weighted by Gasteiger charge is -2.13. The van der Waals surface area contributed by atoms with Crippen LogP contribution in [0.2, 0.25) is 0 Å². The van der Waals surface area contributed by atoms with Gasteiger partial charge in [-0.05, 0) is 44.0 Å². The average molecular weight is 318 g/mol. The topological polar surface area (TPSA) is 63.5 Å². The summed E-state index contributed by atoms with van der Waals surface area (Å²) in [5.74, 6) is -0.210. The van der Waals surface area contributed by atoms with E-state index < -0.39 is 5.82 Å². The van der Waals surface area contributed by atoms with Gasteiger partial charge in [-0.25, -0.2) is 4.39 Å². The summed E-state index contributed by atoms with van der Waals surface area (Å²) in [7, 11) is 0. The van der Waals surface area contributed by atoms with Gasteiger partial charge in [0.15, 0.2) is 0 Å². The van der Waals surface area contributed by atoms with Crippen LogP contribution in [0, 0.1) is 12.7 Å². The number of furan rings is 1. The van der Waals surface area contributed by atoms with Gasteiger partial charge < -0.3 is 19.8 Å². The van der Waals surface area contributed by atoms with Crippen molar-refractivity contribution in [2.45, 2.75) is 25.9 Å². The van der Waals surface area contributed by atoms with E-state index in [2.05, 4.69) is 10.6 Å². The van der Waals surface area contributed by atoms with Crippen molar-refractivity contribution in [2.24, 2.45) is 0 Å². The van der Waals surface area contributed by atoms with Crippen molar-refractivity contribution in [3.63, 3.8) is 0 Å². The third-order valence-electron chi connectivity index (χ3n) is 3.87. The lowest BCUT2D eigenvalue weighted by molar-refractivity contribution is 0.102. The van der Waals surface area contributed by atoms with Gasteiger partial charge in [-0.3, -0.25) is 4.79 Å². The maximum absolute atomic E-state index is 14.1. The van der Waals surface area contributed by atoms with E-state index in [-0.39, 0.29) is 12.0 Å². The number of carbonyl (C=O) groups is 1. The maximum Gasteiger partial charge on any atom is 0.259 e. The molecule has 23 heavy (non-hydrogen) atoms. The van der Waals surface area contributed by atoms with Gasteiger partial charge >= 0.3 is 0 Å². The molecule has 0 bridgehead atoms. The second-order valence-corrected chi connectivity index (χ2v) is 5.56. The largest absolute Gasteiger partial charge is 0.469 e. The average Bonchev–Trinajstić information content (AvgIpc) is 3.17. The summed E-state index contributed by atoms with van der Waals surface area (Å²) >= 11 is 0. The van der Waals surface area contributed by atoms with Gasteiger partial charge in [0, 0.05) is 18.8 Å². The first-order chi connectivity index (χ1) is 11.1. The predicted octanol–water partition coefficient (Wildman–Crippen LogP) is 3.57. The molecular weight excluding hydrogens is 299 g/mol. The minimum Gasteiger partial charge on any atom is -0.469 e. The summed E-state index contributed by atoms with van der Waals surface area (Å²) in [6.07, 6.45) is 3.63. The quantitative estimate of drug-likeness (QED) is 0.884. The number of amides is 1. The van der Waals surface area contributed by atoms with Crippen LogP contribution >= 0.6 is 0 Å². The Balaban J connectivity index is 1.62. The molecule has 0 spiro atoms. The third kappa shape index (κ3) is 3.71. The number of ether oxygens (including phenoxy) is 1. The van der Waals surface area contributed by atoms with E-state index in [4.69, 9.17) is 9.15 Å². The van der Waals surface area contributed by atoms with E-state index in [9.17, 15) is 9.18 Å². The van der Waals surface area contributed by atoms with E-state index in [0.717, 1.165) is 19.4 Å². The molecule has 122 valence electrons. The fraction of sp³-hybridized carbons (Fsp3) is 0.353. The first-order valence-corrected chi connectivity index (χ1v) is 7.64. The van der Waals surface area contributed by atoms with Crippen molar-refractivity contribution in [3.05, 3.63) is 47.7 Å². The van der Waals surface area contributed by atoms with Gasteiger partial charge in [0.25, 0.3) is 5.91 Å². The smallest absolute Gasteiger partial charge is 0.259 e. The molecule has 0 aliphatic carbocycles. The van der Waals surface area contributed by atoms with E-state index >= 15 is 0 Å². The van der Waals surface area contributed by atoms with Crippen LogP contribution < -0.4 is 10.6 Å². The Labute approximate surface area is 133 Å². The number of rotatable bonds is 5. The molecule has 0 radical (unpaired) electrons. The first-order valence-electron chi connectivity index (χ1n) is 7.64. The Kier molecular flexibility index (Phi) is 4.62. The molecular formula is C17H19FN2O3. The SMILES string of the molecule is Cc1occc1C(=O)Nc1ccc(NC[C@@H]2CCCO2)c(F)c1. The molecule has 2 aromatic rings. The highest BCUT2D eigenvalue weighted by Gasteiger charge is 2.16. The second-order valence-electron chi connectivity index (χ2n) is 5.56. The number of nitrogens with one attached hydrogen (secondary N) is 2. The Morgan fingerprint density at radius 2 is 2.26 bits per heavy atom. The highest BCUT2D eigenvalue weighted by Crippen LogP contribution is 2.21. The predicted molar refractivity (Wildman–Crippen MR) is 85.3 cm³/mol. The normalized spacial score (nSPS) is 17.2. The minimum atomic E-state index is -0.412. The van der Waals surface area contributed by atoms with Crippen molar-refractivity contribution >= 4 is 17.3 Å². The Morgan fingerprint density at radius 3 is 2.91 bits per heavy atom. The lowest BCUT2D eigenvalue weighted by atomic mass is 10.2. The van der Waals surface area contributed by atoms with Crippen LogP contribution in [0.4, 0.5) is 15.8 Å². The molecule has 1 aliphatic rings. The molecule has 1 saturated heterocycles. The summed E-state index contributed by atoms with van der Waals surface area (Å²) in [5, 5.41) is 5.70. The molecule has 2 heterocycles. The first kappa shape index (κ1) is 15.6. The van der Waals surface area contributed by atoms with Crippen molar-refractivity contribution in [3.8, 4) is 0 Å². The molecule has 1 amide bonds. The maximum atomic E-state index is 14.1. The fourth-order valence-electron chi connectivity index (χ4n) is 2.58. The minimum absolute atomic E-state index is 0.137. The van der Waals surface area contributed by atoms with Gasteiger partial charge in [-0.1, -0.05) is 0 Å². The van der Waals surface area contributed by atoms with Crippen molar-refractivity contribution < 1.29 is 18.3 Å². The van der Waals surface area contributed by atoms with Crippen LogP contribution in [-0.4, -0.2) is 25.2 Å². The summed E-state index contributed by atoms with van der Waals surface area (Å²) in [4.78, 5) is 12.1. The molecule has 5 nitrogen and oxygen atoms in total. The fourth-order valence-corrected chi connectivity index (χ4v) is 2.58. The number of aryl methyl sites for hydroxylation is 1. The molecule has 1 atom stereocenters. The van der Waals surface area contributed by atoms with Crippen molar-refractivity contribution in [1.29, 1.82) is 0 Å². The number of hydrogen-bond donors (Lipinski definition) is 2. The summed E-state index contributed by atoms with van der Waals surface area (Å²) in [6, 6.07) is 6.15. The molecule has 1 aromatic heterocycles. The van der Waals surface area contributed by atoms with E-state index in [1.165, 1.54) is 12.3 Å². The number of halogens is 1. The Morgan fingerprint density at radius 1 is 1.39 bits per heavy atom. The molecule has 1 aliphatic heterocycles. The molecule has 1 fully saturated rings. The third-order valence-corrected chi connectivity index (χ3v) is 3.87. The van der Waals surface area contributed by atoms with Gasteiger partial charge in [0.2, 0.25) is 0 Å². The van der Waals surface area contributed by atoms with Crippen LogP contribution in [0.25, 0.3) is 0 Å². The van der Waals surface area contributed by atoms with Gasteiger partial charge in [0.05, 0.1) is 23.6 Å². The summed E-state index contributed by atoms with van der Waals surface area (Å²) in [6.45, 7) is 3.05. The summed E-state index contributed by atoms with van der Waals surface area (Å²) < 4.78 is 24.7. The van der Waals surface area contributed by atoms with Crippen molar-refractivity contribution in [2.75, 3.05) is 23.8 Å². The van der Waals surface area contributed by atoms with E-state index in [1.54, 1.807) is 25.1 Å². The second kappa shape index (κ2) is 6.83. The van der Waals surface area contributed by atoms with Gasteiger partial charge in [0.1, 0.15) is 11.6 Å². The molecule has 0 unspecified atom stereocenters. The molecule has 2 N–H and O–H groups in total. The zero-order chi connectivity index (χ0) is 16.2. The highest BCUT2D eigenvalue weighted by molar-refractivity contribution is 6.04. The van der Waals surface area contributed by atoms with E-state index in [1.807, 2.05) is 0 Å². The molecule has 3 rings (SSSR count). The van der Waals surface area contributed by atoms with Crippen LogP contribution in [-0.2, 0) is 4.74 Å². The van der Waals surface area contributed by atoms with Crippen LogP contribution in [0.3, 0.4) is 0 Å².